The maximum atomic E-state index is 15.0. The Morgan fingerprint density at radius 2 is 1.43 bits per heavy atom. The van der Waals surface area contributed by atoms with Gasteiger partial charge in [-0.3, -0.25) is 29.0 Å². The number of carboxylic acid groups (broad SMARTS) is 1. The van der Waals surface area contributed by atoms with Gasteiger partial charge in [0.2, 0.25) is 23.6 Å². The Morgan fingerprint density at radius 1 is 0.826 bits per heavy atom. The molecule has 17 nitrogen and oxygen atoms in total. The number of hydrogen-bond acceptors (Lipinski definition) is 8. The first-order valence-corrected chi connectivity index (χ1v) is 23.9. The Bertz CT molecular complexity index is 2590. The fourth-order valence-corrected chi connectivity index (χ4v) is 9.67. The van der Waals surface area contributed by atoms with Crippen molar-refractivity contribution in [3.05, 3.63) is 53.6 Å². The zero-order valence-corrected chi connectivity index (χ0v) is 41.9. The number of benzene rings is 2. The molecule has 2 aliphatic rings. The summed E-state index contributed by atoms with van der Waals surface area (Å²) in [5, 5.41) is 13.0. The Labute approximate surface area is 402 Å². The highest BCUT2D eigenvalue weighted by Gasteiger charge is 2.42. The van der Waals surface area contributed by atoms with Crippen LogP contribution < -0.4 is 5.32 Å². The van der Waals surface area contributed by atoms with Gasteiger partial charge in [0.1, 0.15) is 41.4 Å². The second-order valence-corrected chi connectivity index (χ2v) is 20.4. The zero-order valence-electron chi connectivity index (χ0n) is 41.9. The number of amides is 6. The highest BCUT2D eigenvalue weighted by Crippen LogP contribution is 2.37. The molecule has 6 atom stereocenters. The van der Waals surface area contributed by atoms with E-state index in [0.29, 0.717) is 78.6 Å². The Hall–Kier alpha value is -6.27. The molecule has 19 heteroatoms. The molecule has 0 bridgehead atoms. The minimum atomic E-state index is -1.28. The van der Waals surface area contributed by atoms with Crippen molar-refractivity contribution in [1.82, 2.24) is 44.4 Å². The molecule has 4 heterocycles. The van der Waals surface area contributed by atoms with Gasteiger partial charge in [-0.1, -0.05) is 27.7 Å². The number of fused-ring (bicyclic) bond motifs is 2. The average Bonchev–Trinajstić information content (AvgIpc) is 4.09. The molecule has 0 radical (unpaired) electrons. The highest BCUT2D eigenvalue weighted by atomic mass is 19.1. The number of aromatic nitrogens is 3. The van der Waals surface area contributed by atoms with Crippen molar-refractivity contribution in [2.75, 3.05) is 34.2 Å². The van der Waals surface area contributed by atoms with Crippen molar-refractivity contribution in [2.24, 2.45) is 11.8 Å². The Kier molecular flexibility index (Phi) is 15.7. The Balaban J connectivity index is 1.34. The first kappa shape index (κ1) is 52.1. The number of aromatic amines is 1. The molecule has 2 aromatic heterocycles. The van der Waals surface area contributed by atoms with E-state index in [2.05, 4.69) is 10.3 Å². The average molecular weight is 962 g/mol. The van der Waals surface area contributed by atoms with Crippen LogP contribution in [0.3, 0.4) is 0 Å². The molecule has 69 heavy (non-hydrogen) atoms. The van der Waals surface area contributed by atoms with E-state index in [4.69, 9.17) is 9.72 Å². The van der Waals surface area contributed by atoms with Crippen LogP contribution in [0, 0.1) is 23.5 Å². The summed E-state index contributed by atoms with van der Waals surface area (Å²) in [6.07, 6.45) is 0.993. The topological polar surface area (TPSA) is 194 Å². The predicted molar refractivity (Wildman–Crippen MR) is 257 cm³/mol. The molecule has 0 unspecified atom stereocenters. The lowest BCUT2D eigenvalue weighted by atomic mass is 9.97. The zero-order chi connectivity index (χ0) is 51.0. The second kappa shape index (κ2) is 20.8. The maximum absolute atomic E-state index is 15.0. The summed E-state index contributed by atoms with van der Waals surface area (Å²) in [7, 11) is 4.36. The van der Waals surface area contributed by atoms with Gasteiger partial charge in [-0.25, -0.2) is 23.4 Å². The largest absolute Gasteiger partial charge is 0.465 e. The van der Waals surface area contributed by atoms with E-state index in [0.717, 1.165) is 10.5 Å². The van der Waals surface area contributed by atoms with Crippen molar-refractivity contribution in [3.8, 4) is 11.5 Å². The molecule has 0 spiro atoms. The molecule has 6 rings (SSSR count). The van der Waals surface area contributed by atoms with Crippen molar-refractivity contribution >= 4 is 57.8 Å². The summed E-state index contributed by atoms with van der Waals surface area (Å²) in [5.41, 5.74) is 1.97. The van der Waals surface area contributed by atoms with Crippen molar-refractivity contribution in [3.63, 3.8) is 0 Å². The summed E-state index contributed by atoms with van der Waals surface area (Å²) in [5.74, 6) is -2.75. The smallest absolute Gasteiger partial charge is 0.410 e. The highest BCUT2D eigenvalue weighted by molar-refractivity contribution is 5.94. The van der Waals surface area contributed by atoms with Gasteiger partial charge in [0.25, 0.3) is 0 Å². The van der Waals surface area contributed by atoms with Gasteiger partial charge in [0, 0.05) is 69.8 Å². The molecule has 2 saturated heterocycles. The molecular weight excluding hydrogens is 893 g/mol. The number of rotatable bonds is 15. The van der Waals surface area contributed by atoms with Crippen LogP contribution in [0.5, 0.6) is 0 Å². The van der Waals surface area contributed by atoms with E-state index >= 15 is 0 Å². The number of likely N-dealkylation sites (N-methyl/N-ethyl adjacent to an activating group) is 3. The summed E-state index contributed by atoms with van der Waals surface area (Å²) < 4.78 is 37.4. The number of likely N-dealkylation sites (tertiary alicyclic amines) is 2. The minimum absolute atomic E-state index is 0.231. The molecule has 2 fully saturated rings. The van der Waals surface area contributed by atoms with Crippen LogP contribution in [0.15, 0.2) is 36.4 Å². The third-order valence-corrected chi connectivity index (χ3v) is 13.7. The quantitative estimate of drug-likeness (QED) is 0.114. The van der Waals surface area contributed by atoms with E-state index in [1.807, 2.05) is 37.2 Å². The van der Waals surface area contributed by atoms with Crippen molar-refractivity contribution in [2.45, 2.75) is 143 Å². The van der Waals surface area contributed by atoms with E-state index < -0.39 is 65.4 Å². The number of carbonyl (C=O) groups excluding carboxylic acids is 5. The molecule has 6 amide bonds. The summed E-state index contributed by atoms with van der Waals surface area (Å²) in [6.45, 7) is 16.7. The fraction of sp³-hybridized carbons (Fsp3) is 0.580. The van der Waals surface area contributed by atoms with Crippen LogP contribution >= 0.6 is 0 Å². The van der Waals surface area contributed by atoms with E-state index in [1.54, 1.807) is 51.8 Å². The third kappa shape index (κ3) is 11.1. The summed E-state index contributed by atoms with van der Waals surface area (Å²) in [6, 6.07) is 4.25. The molecule has 2 aliphatic heterocycles. The molecule has 4 aromatic rings. The van der Waals surface area contributed by atoms with Crippen molar-refractivity contribution < 1.29 is 47.4 Å². The number of hydrogen-bond donors (Lipinski definition) is 3. The van der Waals surface area contributed by atoms with E-state index in [-0.39, 0.29) is 42.3 Å². The Morgan fingerprint density at radius 3 is 2.04 bits per heavy atom. The van der Waals surface area contributed by atoms with Crippen LogP contribution in [-0.2, 0) is 36.9 Å². The number of halogens is 2. The maximum Gasteiger partial charge on any atom is 0.410 e. The lowest BCUT2D eigenvalue weighted by Gasteiger charge is -2.38. The monoisotopic (exact) mass is 962 g/mol. The molecule has 0 aliphatic carbocycles. The number of ether oxygens (including phenoxy) is 1. The first-order valence-electron chi connectivity index (χ1n) is 23.9. The van der Waals surface area contributed by atoms with Gasteiger partial charge in [0.15, 0.2) is 5.82 Å². The summed E-state index contributed by atoms with van der Waals surface area (Å²) in [4.78, 5) is 96.5. The molecule has 376 valence electrons. The van der Waals surface area contributed by atoms with Gasteiger partial charge in [-0.15, -0.1) is 0 Å². The SMILES string of the molecule is CC(C)[C@H](NC(=O)[C@H](C)N(C)C(=O)O)C(=O)N1CCC[C@H]1Cn1c(-c2[nH]c3cc(F)ccc3c2C[C@@H]2CCCN2C(=O)[C@H](C(C)C)N(C)C(=O)[C@H](C)N(C)C(=O)OC(C)(C)C)nc2cc(F)ccc21. The second-order valence-electron chi connectivity index (χ2n) is 20.4. The van der Waals surface area contributed by atoms with Crippen LogP contribution in [0.25, 0.3) is 33.5 Å². The number of carbonyl (C=O) groups is 6. The molecule has 2 aromatic carbocycles. The lowest BCUT2D eigenvalue weighted by molar-refractivity contribution is -0.149. The third-order valence-electron chi connectivity index (χ3n) is 13.7. The standard InChI is InChI=1S/C50H69F2N9O8/c1-27(2)40(55-44(62)29(5)56(10)48(66)67)46(64)60-22-14-16-34(60)26-61-39-20-18-32(52)24-38(39)54-43(61)41-36(35-19-17-31(51)23-37(35)53-41)25-33-15-13-21-59(33)47(65)42(28(3)4)58(12)45(63)30(6)57(11)49(68)69-50(7,8)9/h17-20,23-24,27-30,33-34,40,42,53H,13-16,21-22,25-26H2,1-12H3,(H,55,62)(H,66,67)/t29-,30-,33-,34-,40-,42-/m0/s1. The number of H-pyrrole nitrogens is 1. The van der Waals surface area contributed by atoms with Crippen LogP contribution in [0.4, 0.5) is 18.4 Å². The number of imidazole rings is 1. The van der Waals surface area contributed by atoms with E-state index in [1.165, 1.54) is 55.1 Å². The van der Waals surface area contributed by atoms with Crippen LogP contribution in [0.2, 0.25) is 0 Å². The first-order chi connectivity index (χ1) is 32.3. The van der Waals surface area contributed by atoms with Gasteiger partial charge in [-0.2, -0.15) is 0 Å². The molecular formula is C50H69F2N9O8. The van der Waals surface area contributed by atoms with Gasteiger partial charge in [0.05, 0.1) is 16.7 Å². The van der Waals surface area contributed by atoms with Crippen LogP contribution in [-0.4, -0.2) is 156 Å². The van der Waals surface area contributed by atoms with Gasteiger partial charge < -0.3 is 39.4 Å². The fourth-order valence-electron chi connectivity index (χ4n) is 9.67. The van der Waals surface area contributed by atoms with Crippen LogP contribution in [0.1, 0.15) is 93.6 Å². The van der Waals surface area contributed by atoms with E-state index in [9.17, 15) is 42.7 Å². The lowest BCUT2D eigenvalue weighted by Crippen LogP contribution is -2.57. The molecule has 3 N–H and O–H groups in total. The van der Waals surface area contributed by atoms with Gasteiger partial charge in [-0.05, 0) is 114 Å². The number of nitrogens with zero attached hydrogens (tertiary/aromatic N) is 7. The summed E-state index contributed by atoms with van der Waals surface area (Å²) >= 11 is 0. The normalized spacial score (nSPS) is 18.1. The molecule has 0 saturated carbocycles. The van der Waals surface area contributed by atoms with Crippen molar-refractivity contribution in [1.29, 1.82) is 0 Å². The van der Waals surface area contributed by atoms with Gasteiger partial charge >= 0.3 is 12.2 Å². The predicted octanol–water partition coefficient (Wildman–Crippen LogP) is 6.86. The minimum Gasteiger partial charge on any atom is -0.465 e. The number of nitrogens with one attached hydrogen (secondary N) is 2.